The molecule has 0 radical (unpaired) electrons. The molecular weight excluding hydrogens is 364 g/mol. The summed E-state index contributed by atoms with van der Waals surface area (Å²) in [7, 11) is 0. The number of carbonyl (C=O) groups is 1. The van der Waals surface area contributed by atoms with Crippen LogP contribution in [0.3, 0.4) is 0 Å². The van der Waals surface area contributed by atoms with Crippen molar-refractivity contribution >= 4 is 11.7 Å². The quantitative estimate of drug-likeness (QED) is 0.800. The maximum Gasteiger partial charge on any atom is 0.232 e. The average Bonchev–Trinajstić information content (AvgIpc) is 3.39. The van der Waals surface area contributed by atoms with Crippen LogP contribution in [0.4, 0.5) is 5.82 Å². The molecule has 5 rings (SSSR count). The lowest BCUT2D eigenvalue weighted by Gasteiger charge is -2.26. The van der Waals surface area contributed by atoms with E-state index in [-0.39, 0.29) is 30.0 Å². The summed E-state index contributed by atoms with van der Waals surface area (Å²) < 4.78 is 11.0. The zero-order valence-electron chi connectivity index (χ0n) is 16.9. The Hall–Kier alpha value is -2.82. The molecule has 5 nitrogen and oxygen atoms in total. The van der Waals surface area contributed by atoms with Crippen LogP contribution in [0.25, 0.3) is 0 Å². The fourth-order valence-electron chi connectivity index (χ4n) is 4.69. The standard InChI is InChI=1S/C24H26N2O3/c1-15-6-8-18(16(2)12-15)19-4-3-5-22(25-19)26-23(27)24(10-11-24)17-7-9-20-21(13-17)29-14-28-20/h3-9,12,16-18H,10-11,13-14H2,1-2H3,(H,25,26,27). The Morgan fingerprint density at radius 1 is 1.21 bits per heavy atom. The second-order valence-corrected chi connectivity index (χ2v) is 8.58. The van der Waals surface area contributed by atoms with Gasteiger partial charge in [0.15, 0.2) is 5.76 Å². The number of hydrogen-bond donors (Lipinski definition) is 1. The highest BCUT2D eigenvalue weighted by atomic mass is 16.7. The molecule has 2 heterocycles. The minimum absolute atomic E-state index is 0.0581. The van der Waals surface area contributed by atoms with Crippen LogP contribution in [0, 0.1) is 17.3 Å². The van der Waals surface area contributed by atoms with E-state index in [1.54, 1.807) is 0 Å². The highest BCUT2D eigenvalue weighted by Crippen LogP contribution is 2.56. The predicted molar refractivity (Wildman–Crippen MR) is 111 cm³/mol. The van der Waals surface area contributed by atoms with Crippen LogP contribution in [0.15, 0.2) is 65.7 Å². The van der Waals surface area contributed by atoms with Crippen LogP contribution in [0.5, 0.6) is 0 Å². The third kappa shape index (κ3) is 3.28. The van der Waals surface area contributed by atoms with Gasteiger partial charge in [0.1, 0.15) is 11.6 Å². The highest BCUT2D eigenvalue weighted by molar-refractivity contribution is 5.97. The van der Waals surface area contributed by atoms with Gasteiger partial charge in [0.25, 0.3) is 0 Å². The third-order valence-electron chi connectivity index (χ3n) is 6.57. The first-order valence-electron chi connectivity index (χ1n) is 10.4. The van der Waals surface area contributed by atoms with Crippen molar-refractivity contribution in [3.8, 4) is 0 Å². The van der Waals surface area contributed by atoms with E-state index in [2.05, 4.69) is 43.5 Å². The van der Waals surface area contributed by atoms with Crippen molar-refractivity contribution in [2.45, 2.75) is 39.0 Å². The Morgan fingerprint density at radius 2 is 2.07 bits per heavy atom. The van der Waals surface area contributed by atoms with Gasteiger partial charge in [-0.25, -0.2) is 4.98 Å². The topological polar surface area (TPSA) is 60.5 Å². The lowest BCUT2D eigenvalue weighted by molar-refractivity contribution is -0.122. The molecular formula is C24H26N2O3. The lowest BCUT2D eigenvalue weighted by Crippen LogP contribution is -2.32. The Morgan fingerprint density at radius 3 is 2.86 bits per heavy atom. The number of aromatic nitrogens is 1. The number of nitrogens with one attached hydrogen (secondary N) is 1. The number of nitrogens with zero attached hydrogens (tertiary/aromatic N) is 1. The maximum absolute atomic E-state index is 13.2. The molecule has 1 aromatic heterocycles. The first kappa shape index (κ1) is 18.2. The minimum Gasteiger partial charge on any atom is -0.458 e. The normalized spacial score (nSPS) is 28.9. The van der Waals surface area contributed by atoms with Gasteiger partial charge in [0.05, 0.1) is 11.1 Å². The fourth-order valence-corrected chi connectivity index (χ4v) is 4.69. The Kier molecular flexibility index (Phi) is 4.34. The van der Waals surface area contributed by atoms with Gasteiger partial charge in [-0.2, -0.15) is 0 Å². The molecule has 0 bridgehead atoms. The van der Waals surface area contributed by atoms with E-state index in [1.807, 2.05) is 24.3 Å². The van der Waals surface area contributed by atoms with Crippen molar-refractivity contribution in [3.05, 3.63) is 71.4 Å². The number of allylic oxidation sites excluding steroid dienone is 7. The molecule has 3 unspecified atom stereocenters. The molecule has 4 aliphatic rings. The van der Waals surface area contributed by atoms with Gasteiger partial charge < -0.3 is 14.8 Å². The van der Waals surface area contributed by atoms with Crippen molar-refractivity contribution in [1.29, 1.82) is 0 Å². The molecule has 1 saturated carbocycles. The minimum atomic E-state index is -0.365. The molecule has 1 fully saturated rings. The number of pyridine rings is 1. The van der Waals surface area contributed by atoms with Crippen molar-refractivity contribution < 1.29 is 14.3 Å². The van der Waals surface area contributed by atoms with E-state index in [9.17, 15) is 4.79 Å². The van der Waals surface area contributed by atoms with E-state index in [0.717, 1.165) is 36.5 Å². The summed E-state index contributed by atoms with van der Waals surface area (Å²) in [6.45, 7) is 4.60. The van der Waals surface area contributed by atoms with E-state index in [0.29, 0.717) is 11.7 Å². The Bertz CT molecular complexity index is 968. The van der Waals surface area contributed by atoms with Crippen molar-refractivity contribution in [2.75, 3.05) is 12.1 Å². The monoisotopic (exact) mass is 390 g/mol. The first-order valence-corrected chi connectivity index (χ1v) is 10.4. The number of amides is 1. The summed E-state index contributed by atoms with van der Waals surface area (Å²) in [5, 5.41) is 3.09. The zero-order chi connectivity index (χ0) is 20.0. The summed E-state index contributed by atoms with van der Waals surface area (Å²) in [6.07, 6.45) is 13.2. The highest BCUT2D eigenvalue weighted by Gasteiger charge is 2.55. The Balaban J connectivity index is 1.30. The molecule has 5 heteroatoms. The van der Waals surface area contributed by atoms with Gasteiger partial charge in [-0.05, 0) is 49.8 Å². The van der Waals surface area contributed by atoms with Crippen molar-refractivity contribution in [3.63, 3.8) is 0 Å². The number of hydrogen-bond acceptors (Lipinski definition) is 4. The largest absolute Gasteiger partial charge is 0.458 e. The number of ether oxygens (including phenoxy) is 2. The third-order valence-corrected chi connectivity index (χ3v) is 6.57. The van der Waals surface area contributed by atoms with Gasteiger partial charge >= 0.3 is 0 Å². The second kappa shape index (κ2) is 6.90. The molecule has 3 atom stereocenters. The smallest absolute Gasteiger partial charge is 0.232 e. The SMILES string of the molecule is CC1=CC(C)C(c2cccc(NC(=O)C3(C4C=CC5=C(C4)OCO5)CC3)n2)C=C1. The van der Waals surface area contributed by atoms with Crippen LogP contribution in [0.1, 0.15) is 44.7 Å². The molecule has 29 heavy (non-hydrogen) atoms. The molecule has 1 N–H and O–H groups in total. The number of carbonyl (C=O) groups excluding carboxylic acids is 1. The fraction of sp³-hybridized carbons (Fsp3) is 0.417. The molecule has 1 aromatic rings. The molecule has 0 aromatic carbocycles. The molecule has 3 aliphatic carbocycles. The van der Waals surface area contributed by atoms with Crippen LogP contribution in [-0.4, -0.2) is 17.7 Å². The van der Waals surface area contributed by atoms with Gasteiger partial charge in [0, 0.05) is 12.3 Å². The van der Waals surface area contributed by atoms with Gasteiger partial charge in [-0.15, -0.1) is 0 Å². The number of rotatable bonds is 4. The first-order chi connectivity index (χ1) is 14.0. The van der Waals surface area contributed by atoms with Gasteiger partial charge in [-0.3, -0.25) is 4.79 Å². The predicted octanol–water partition coefficient (Wildman–Crippen LogP) is 4.83. The van der Waals surface area contributed by atoms with Crippen LogP contribution < -0.4 is 5.32 Å². The summed E-state index contributed by atoms with van der Waals surface area (Å²) in [5.41, 5.74) is 1.91. The van der Waals surface area contributed by atoms with E-state index in [1.165, 1.54) is 5.57 Å². The molecule has 0 saturated heterocycles. The molecule has 1 amide bonds. The summed E-state index contributed by atoms with van der Waals surface area (Å²) in [5.74, 6) is 3.13. The second-order valence-electron chi connectivity index (χ2n) is 8.58. The van der Waals surface area contributed by atoms with Crippen molar-refractivity contribution in [2.24, 2.45) is 17.3 Å². The lowest BCUT2D eigenvalue weighted by atomic mass is 9.82. The molecule has 150 valence electrons. The van der Waals surface area contributed by atoms with E-state index >= 15 is 0 Å². The number of anilines is 1. The summed E-state index contributed by atoms with van der Waals surface area (Å²) >= 11 is 0. The van der Waals surface area contributed by atoms with Gasteiger partial charge in [-0.1, -0.05) is 42.9 Å². The van der Waals surface area contributed by atoms with Crippen LogP contribution >= 0.6 is 0 Å². The van der Waals surface area contributed by atoms with Crippen LogP contribution in [-0.2, 0) is 14.3 Å². The van der Waals surface area contributed by atoms with E-state index < -0.39 is 0 Å². The summed E-state index contributed by atoms with van der Waals surface area (Å²) in [4.78, 5) is 18.0. The van der Waals surface area contributed by atoms with Crippen molar-refractivity contribution in [1.82, 2.24) is 4.98 Å². The van der Waals surface area contributed by atoms with Crippen LogP contribution in [0.2, 0.25) is 0 Å². The summed E-state index contributed by atoms with van der Waals surface area (Å²) in [6, 6.07) is 5.89. The Labute approximate surface area is 171 Å². The zero-order valence-corrected chi connectivity index (χ0v) is 16.9. The molecule has 0 spiro atoms. The molecule has 1 aliphatic heterocycles. The maximum atomic E-state index is 13.2. The van der Waals surface area contributed by atoms with Gasteiger partial charge in [0.2, 0.25) is 12.7 Å². The van der Waals surface area contributed by atoms with E-state index in [4.69, 9.17) is 14.5 Å². The average molecular weight is 390 g/mol.